The average molecular weight is 365 g/mol. The van der Waals surface area contributed by atoms with E-state index in [4.69, 9.17) is 0 Å². The van der Waals surface area contributed by atoms with Gasteiger partial charge < -0.3 is 15.2 Å². The van der Waals surface area contributed by atoms with E-state index >= 15 is 0 Å². The summed E-state index contributed by atoms with van der Waals surface area (Å²) in [4.78, 5) is 16.1. The maximum atomic E-state index is 12.1. The van der Waals surface area contributed by atoms with Crippen LogP contribution in [-0.2, 0) is 11.3 Å². The van der Waals surface area contributed by atoms with E-state index in [1.807, 2.05) is 17.1 Å². The zero-order valence-corrected chi connectivity index (χ0v) is 15.7. The second-order valence-corrected chi connectivity index (χ2v) is 6.46. The van der Waals surface area contributed by atoms with Gasteiger partial charge in [-0.3, -0.25) is 4.79 Å². The van der Waals surface area contributed by atoms with E-state index in [1.165, 1.54) is 12.8 Å². The van der Waals surface area contributed by atoms with Crippen LogP contribution in [0.2, 0.25) is 0 Å². The molecule has 0 spiro atoms. The monoisotopic (exact) mass is 364 g/mol. The molecule has 0 aromatic carbocycles. The molecule has 1 aromatic heterocycles. The van der Waals surface area contributed by atoms with Gasteiger partial charge in [-0.2, -0.15) is 0 Å². The summed E-state index contributed by atoms with van der Waals surface area (Å²) in [6.45, 7) is 8.16. The summed E-state index contributed by atoms with van der Waals surface area (Å²) in [5.74, 6) is 1.70. The molecule has 23 heavy (non-hydrogen) atoms. The second kappa shape index (κ2) is 11.7. The number of hydrogen-bond donors (Lipinski definition) is 2. The van der Waals surface area contributed by atoms with Gasteiger partial charge in [0, 0.05) is 31.9 Å². The molecular formula is C16H30Cl2N4O. The molecule has 2 N–H and O–H groups in total. The Kier molecular flexibility index (Phi) is 11.3. The molecule has 7 heteroatoms. The smallest absolute Gasteiger partial charge is 0.220 e. The van der Waals surface area contributed by atoms with Gasteiger partial charge in [0.1, 0.15) is 0 Å². The zero-order valence-electron chi connectivity index (χ0n) is 14.0. The fourth-order valence-corrected chi connectivity index (χ4v) is 3.00. The van der Waals surface area contributed by atoms with Crippen molar-refractivity contribution in [2.75, 3.05) is 19.6 Å². The first kappa shape index (κ1) is 22.2. The van der Waals surface area contributed by atoms with Crippen molar-refractivity contribution in [2.24, 2.45) is 17.8 Å². The van der Waals surface area contributed by atoms with Gasteiger partial charge in [-0.1, -0.05) is 13.8 Å². The van der Waals surface area contributed by atoms with E-state index in [2.05, 4.69) is 29.5 Å². The molecule has 2 rings (SSSR count). The highest BCUT2D eigenvalue weighted by Crippen LogP contribution is 2.22. The highest BCUT2D eigenvalue weighted by atomic mass is 35.5. The van der Waals surface area contributed by atoms with Crippen molar-refractivity contribution < 1.29 is 4.79 Å². The number of rotatable bonds is 7. The van der Waals surface area contributed by atoms with Crippen molar-refractivity contribution in [1.29, 1.82) is 0 Å². The number of aromatic nitrogens is 2. The number of hydrogen-bond acceptors (Lipinski definition) is 3. The van der Waals surface area contributed by atoms with E-state index in [0.717, 1.165) is 26.2 Å². The Morgan fingerprint density at radius 1 is 1.43 bits per heavy atom. The molecule has 134 valence electrons. The van der Waals surface area contributed by atoms with Gasteiger partial charge in [0.2, 0.25) is 5.91 Å². The lowest BCUT2D eigenvalue weighted by molar-refractivity contribution is -0.122. The third-order valence-corrected chi connectivity index (χ3v) is 4.38. The van der Waals surface area contributed by atoms with E-state index in [-0.39, 0.29) is 30.7 Å². The van der Waals surface area contributed by atoms with Gasteiger partial charge in [0.05, 0.1) is 6.33 Å². The highest BCUT2D eigenvalue weighted by molar-refractivity contribution is 5.85. The Morgan fingerprint density at radius 3 is 2.83 bits per heavy atom. The Morgan fingerprint density at radius 2 is 2.22 bits per heavy atom. The molecule has 0 saturated carbocycles. The minimum absolute atomic E-state index is 0. The van der Waals surface area contributed by atoms with Crippen LogP contribution in [0.25, 0.3) is 0 Å². The first-order valence-electron chi connectivity index (χ1n) is 8.08. The van der Waals surface area contributed by atoms with Gasteiger partial charge in [0.15, 0.2) is 0 Å². The molecule has 2 heterocycles. The van der Waals surface area contributed by atoms with Crippen LogP contribution >= 0.6 is 24.8 Å². The summed E-state index contributed by atoms with van der Waals surface area (Å²) < 4.78 is 2.05. The fourth-order valence-electron chi connectivity index (χ4n) is 3.00. The van der Waals surface area contributed by atoms with Gasteiger partial charge in [-0.05, 0) is 43.7 Å². The van der Waals surface area contributed by atoms with Crippen LogP contribution in [0, 0.1) is 17.8 Å². The molecule has 3 atom stereocenters. The molecule has 0 aliphatic carbocycles. The predicted molar refractivity (Wildman–Crippen MR) is 98.3 cm³/mol. The lowest BCUT2D eigenvalue weighted by Crippen LogP contribution is -2.36. The number of halogens is 2. The van der Waals surface area contributed by atoms with Crippen LogP contribution in [-0.4, -0.2) is 35.1 Å². The maximum Gasteiger partial charge on any atom is 0.220 e. The fraction of sp³-hybridized carbons (Fsp3) is 0.750. The zero-order chi connectivity index (χ0) is 15.1. The van der Waals surface area contributed by atoms with E-state index in [9.17, 15) is 4.79 Å². The third kappa shape index (κ3) is 8.04. The summed E-state index contributed by atoms with van der Waals surface area (Å²) >= 11 is 0. The summed E-state index contributed by atoms with van der Waals surface area (Å²) in [5.41, 5.74) is 0. The molecular weight excluding hydrogens is 335 g/mol. The van der Waals surface area contributed by atoms with Crippen molar-refractivity contribution in [3.63, 3.8) is 0 Å². The number of carbonyl (C=O) groups is 1. The lowest BCUT2D eigenvalue weighted by atomic mass is 9.85. The highest BCUT2D eigenvalue weighted by Gasteiger charge is 2.22. The van der Waals surface area contributed by atoms with Gasteiger partial charge in [-0.15, -0.1) is 24.8 Å². The molecule has 1 amide bonds. The third-order valence-electron chi connectivity index (χ3n) is 4.38. The number of amides is 1. The Hall–Kier alpha value is -0.780. The minimum atomic E-state index is 0. The van der Waals surface area contributed by atoms with Crippen molar-refractivity contribution in [3.8, 4) is 0 Å². The minimum Gasteiger partial charge on any atom is -0.356 e. The molecule has 1 saturated heterocycles. The summed E-state index contributed by atoms with van der Waals surface area (Å²) in [5, 5.41) is 6.50. The van der Waals surface area contributed by atoms with Crippen molar-refractivity contribution in [1.82, 2.24) is 20.2 Å². The topological polar surface area (TPSA) is 59.0 Å². The SMILES string of the molecule is CC(CNC(=O)CC(C)C1CCCNC1)Cn1ccnc1.Cl.Cl. The van der Waals surface area contributed by atoms with Crippen LogP contribution < -0.4 is 10.6 Å². The van der Waals surface area contributed by atoms with Gasteiger partial charge >= 0.3 is 0 Å². The number of nitrogens with zero attached hydrogens (tertiary/aromatic N) is 2. The van der Waals surface area contributed by atoms with Crippen molar-refractivity contribution >= 4 is 30.7 Å². The van der Waals surface area contributed by atoms with Gasteiger partial charge in [0.25, 0.3) is 0 Å². The maximum absolute atomic E-state index is 12.1. The van der Waals surface area contributed by atoms with Crippen LogP contribution in [0.15, 0.2) is 18.7 Å². The van der Waals surface area contributed by atoms with Crippen LogP contribution in [0.4, 0.5) is 0 Å². The molecule has 3 unspecified atom stereocenters. The van der Waals surface area contributed by atoms with Crippen molar-refractivity contribution in [3.05, 3.63) is 18.7 Å². The largest absolute Gasteiger partial charge is 0.356 e. The Bertz CT molecular complexity index is 422. The molecule has 1 aromatic rings. The lowest BCUT2D eigenvalue weighted by Gasteiger charge is -2.28. The first-order valence-corrected chi connectivity index (χ1v) is 8.08. The molecule has 1 fully saturated rings. The summed E-state index contributed by atoms with van der Waals surface area (Å²) in [6.07, 6.45) is 8.68. The standard InChI is InChI=1S/C16H28N4O.2ClH/c1-13(11-20-7-6-18-12-20)9-19-16(21)8-14(2)15-4-3-5-17-10-15;;/h6-7,12-15,17H,3-5,8-11H2,1-2H3,(H,19,21);2*1H. The Balaban J connectivity index is 0.00000242. The number of imidazole rings is 1. The van der Waals surface area contributed by atoms with Crippen molar-refractivity contribution in [2.45, 2.75) is 39.7 Å². The molecule has 1 aliphatic rings. The average Bonchev–Trinajstić information content (AvgIpc) is 2.99. The first-order chi connectivity index (χ1) is 10.1. The molecule has 0 bridgehead atoms. The number of nitrogens with one attached hydrogen (secondary N) is 2. The van der Waals surface area contributed by atoms with Gasteiger partial charge in [-0.25, -0.2) is 4.98 Å². The van der Waals surface area contributed by atoms with Crippen LogP contribution in [0.3, 0.4) is 0 Å². The van der Waals surface area contributed by atoms with E-state index in [1.54, 1.807) is 6.20 Å². The van der Waals surface area contributed by atoms with Crippen LogP contribution in [0.1, 0.15) is 33.1 Å². The van der Waals surface area contributed by atoms with Crippen LogP contribution in [0.5, 0.6) is 0 Å². The molecule has 0 radical (unpaired) electrons. The Labute approximate surface area is 151 Å². The van der Waals surface area contributed by atoms with E-state index in [0.29, 0.717) is 24.2 Å². The summed E-state index contributed by atoms with van der Waals surface area (Å²) in [7, 11) is 0. The summed E-state index contributed by atoms with van der Waals surface area (Å²) in [6, 6.07) is 0. The quantitative estimate of drug-likeness (QED) is 0.781. The molecule has 1 aliphatic heterocycles. The number of piperidine rings is 1. The number of carbonyl (C=O) groups excluding carboxylic acids is 1. The molecule has 5 nitrogen and oxygen atoms in total. The second-order valence-electron chi connectivity index (χ2n) is 6.46. The normalized spacial score (nSPS) is 19.8. The van der Waals surface area contributed by atoms with E-state index < -0.39 is 0 Å². The predicted octanol–water partition coefficient (Wildman–Crippen LogP) is 2.50.